The van der Waals surface area contributed by atoms with Crippen LogP contribution in [0.1, 0.15) is 92.8 Å². The van der Waals surface area contributed by atoms with E-state index >= 15 is 0 Å². The molecule has 0 aromatic heterocycles. The summed E-state index contributed by atoms with van der Waals surface area (Å²) in [6, 6.07) is 14.3. The number of carboxylic acid groups (broad SMARTS) is 1. The van der Waals surface area contributed by atoms with Crippen LogP contribution in [0.4, 0.5) is 0 Å². The van der Waals surface area contributed by atoms with E-state index < -0.39 is 5.97 Å². The second-order valence-electron chi connectivity index (χ2n) is 11.5. The normalized spacial score (nSPS) is 16.3. The summed E-state index contributed by atoms with van der Waals surface area (Å²) in [5.41, 5.74) is 1.29. The highest BCUT2D eigenvalue weighted by atomic mass is 16.4. The van der Waals surface area contributed by atoms with Crippen molar-refractivity contribution < 1.29 is 24.3 Å². The number of benzene rings is 5. The standard InChI is InChI=1S/C34H30N2O5/c37-17-18-9-10-21-23-12-15-26(33(39)36-20-7-3-4-8-20)31-27(34(40)41)16-13-24(30(23)31)22-11-14-25(28(18)29(21)22)32(38)35-19-5-1-2-6-19/h9-17,19-20H,1-8H2,(H,35,38)(H,36,39)(H,40,41). The lowest BCUT2D eigenvalue weighted by Crippen LogP contribution is -2.33. The lowest BCUT2D eigenvalue weighted by molar-refractivity contribution is 0.0698. The molecular formula is C34H30N2O5. The number of hydrogen-bond donors (Lipinski definition) is 3. The highest BCUT2D eigenvalue weighted by Crippen LogP contribution is 2.44. The number of fused-ring (bicyclic) bond motifs is 2. The number of amides is 2. The molecule has 0 saturated heterocycles. The molecule has 2 aliphatic carbocycles. The van der Waals surface area contributed by atoms with Crippen LogP contribution in [0.5, 0.6) is 0 Å². The average Bonchev–Trinajstić information content (AvgIpc) is 3.69. The number of carbonyl (C=O) groups is 4. The molecule has 41 heavy (non-hydrogen) atoms. The van der Waals surface area contributed by atoms with Crippen LogP contribution in [0.25, 0.3) is 43.1 Å². The number of nitrogens with one attached hydrogen (secondary N) is 2. The first-order valence-corrected chi connectivity index (χ1v) is 14.5. The Bertz CT molecular complexity index is 1880. The Balaban J connectivity index is 1.51. The molecule has 3 N–H and O–H groups in total. The van der Waals surface area contributed by atoms with E-state index in [9.17, 15) is 24.3 Å². The monoisotopic (exact) mass is 546 g/mol. The van der Waals surface area contributed by atoms with Crippen molar-refractivity contribution in [2.45, 2.75) is 63.5 Å². The number of aromatic carboxylic acids is 1. The molecule has 5 aromatic carbocycles. The van der Waals surface area contributed by atoms with E-state index in [1.807, 2.05) is 18.2 Å². The largest absolute Gasteiger partial charge is 0.478 e. The van der Waals surface area contributed by atoms with E-state index in [-0.39, 0.29) is 29.5 Å². The molecule has 2 fully saturated rings. The van der Waals surface area contributed by atoms with Crippen LogP contribution < -0.4 is 10.6 Å². The Morgan fingerprint density at radius 2 is 1.00 bits per heavy atom. The SMILES string of the molecule is O=Cc1ccc2c3ccc(C(=O)NC4CCCC4)c4c(C(=O)O)ccc(c5ccc(C(=O)NC6CCCC6)c1c52)c43. The van der Waals surface area contributed by atoms with Crippen LogP contribution in [0.15, 0.2) is 48.5 Å². The summed E-state index contributed by atoms with van der Waals surface area (Å²) in [6.45, 7) is 0. The van der Waals surface area contributed by atoms with E-state index in [2.05, 4.69) is 10.6 Å². The van der Waals surface area contributed by atoms with Crippen LogP contribution >= 0.6 is 0 Å². The molecule has 0 unspecified atom stereocenters. The lowest BCUT2D eigenvalue weighted by atomic mass is 9.84. The maximum atomic E-state index is 13.5. The maximum absolute atomic E-state index is 13.5. The summed E-state index contributed by atoms with van der Waals surface area (Å²) >= 11 is 0. The van der Waals surface area contributed by atoms with Crippen molar-refractivity contribution in [3.05, 3.63) is 70.8 Å². The van der Waals surface area contributed by atoms with Crippen molar-refractivity contribution >= 4 is 67.2 Å². The zero-order chi connectivity index (χ0) is 28.2. The van der Waals surface area contributed by atoms with Gasteiger partial charge in [-0.15, -0.1) is 0 Å². The molecule has 7 nitrogen and oxygen atoms in total. The molecule has 206 valence electrons. The average molecular weight is 547 g/mol. The third-order valence-corrected chi connectivity index (χ3v) is 9.16. The van der Waals surface area contributed by atoms with Crippen LogP contribution in [-0.2, 0) is 0 Å². The zero-order valence-corrected chi connectivity index (χ0v) is 22.6. The van der Waals surface area contributed by atoms with Gasteiger partial charge in [0.15, 0.2) is 6.29 Å². The van der Waals surface area contributed by atoms with Crippen LogP contribution in [0, 0.1) is 0 Å². The van der Waals surface area contributed by atoms with Gasteiger partial charge in [-0.2, -0.15) is 0 Å². The summed E-state index contributed by atoms with van der Waals surface area (Å²) in [5.74, 6) is -1.57. The lowest BCUT2D eigenvalue weighted by Gasteiger charge is -2.20. The Morgan fingerprint density at radius 1 is 0.585 bits per heavy atom. The van der Waals surface area contributed by atoms with Gasteiger partial charge in [0.1, 0.15) is 0 Å². The van der Waals surface area contributed by atoms with Crippen molar-refractivity contribution in [3.63, 3.8) is 0 Å². The van der Waals surface area contributed by atoms with Gasteiger partial charge >= 0.3 is 5.97 Å². The second-order valence-corrected chi connectivity index (χ2v) is 11.5. The number of aldehydes is 1. The Labute approximate surface area is 236 Å². The summed E-state index contributed by atoms with van der Waals surface area (Å²) in [6.07, 6.45) is 8.84. The van der Waals surface area contributed by atoms with Gasteiger partial charge in [-0.1, -0.05) is 56.0 Å². The number of carbonyl (C=O) groups excluding carboxylic acids is 3. The summed E-state index contributed by atoms with van der Waals surface area (Å²) < 4.78 is 0. The summed E-state index contributed by atoms with van der Waals surface area (Å²) in [7, 11) is 0. The predicted octanol–water partition coefficient (Wildman–Crippen LogP) is 6.59. The second kappa shape index (κ2) is 9.84. The van der Waals surface area contributed by atoms with Gasteiger partial charge < -0.3 is 15.7 Å². The first kappa shape index (κ1) is 25.4. The highest BCUT2D eigenvalue weighted by molar-refractivity contribution is 6.38. The van der Waals surface area contributed by atoms with Gasteiger partial charge in [-0.3, -0.25) is 14.4 Å². The van der Waals surface area contributed by atoms with Gasteiger partial charge in [0.25, 0.3) is 11.8 Å². The van der Waals surface area contributed by atoms with Crippen molar-refractivity contribution in [1.82, 2.24) is 10.6 Å². The van der Waals surface area contributed by atoms with Crippen LogP contribution in [-0.4, -0.2) is 41.3 Å². The molecule has 5 aromatic rings. The van der Waals surface area contributed by atoms with Crippen LogP contribution in [0.2, 0.25) is 0 Å². The fraction of sp³-hybridized carbons (Fsp3) is 0.294. The zero-order valence-electron chi connectivity index (χ0n) is 22.6. The van der Waals surface area contributed by atoms with Crippen molar-refractivity contribution in [3.8, 4) is 0 Å². The van der Waals surface area contributed by atoms with E-state index in [0.29, 0.717) is 32.8 Å². The predicted molar refractivity (Wildman–Crippen MR) is 159 cm³/mol. The molecule has 0 aliphatic heterocycles. The fourth-order valence-corrected chi connectivity index (χ4v) is 7.24. The number of carboxylic acids is 1. The van der Waals surface area contributed by atoms with Gasteiger partial charge in [-0.25, -0.2) is 4.79 Å². The van der Waals surface area contributed by atoms with Crippen LogP contribution in [0.3, 0.4) is 0 Å². The molecule has 7 heteroatoms. The van der Waals surface area contributed by atoms with E-state index in [1.54, 1.807) is 30.3 Å². The summed E-state index contributed by atoms with van der Waals surface area (Å²) in [4.78, 5) is 51.7. The van der Waals surface area contributed by atoms with Gasteiger partial charge in [-0.05, 0) is 76.2 Å². The Kier molecular flexibility index (Phi) is 6.11. The minimum absolute atomic E-state index is 0.0685. The topological polar surface area (TPSA) is 113 Å². The minimum atomic E-state index is -1.10. The molecular weight excluding hydrogens is 516 g/mol. The van der Waals surface area contributed by atoms with Gasteiger partial charge in [0, 0.05) is 39.5 Å². The highest BCUT2D eigenvalue weighted by Gasteiger charge is 2.27. The molecule has 0 spiro atoms. The number of rotatable bonds is 6. The quantitative estimate of drug-likeness (QED) is 0.126. The minimum Gasteiger partial charge on any atom is -0.478 e. The molecule has 7 rings (SSSR count). The van der Waals surface area contributed by atoms with E-state index in [0.717, 1.165) is 84.6 Å². The van der Waals surface area contributed by atoms with Crippen molar-refractivity contribution in [2.24, 2.45) is 0 Å². The number of hydrogen-bond acceptors (Lipinski definition) is 4. The van der Waals surface area contributed by atoms with E-state index in [4.69, 9.17) is 0 Å². The third-order valence-electron chi connectivity index (χ3n) is 9.16. The van der Waals surface area contributed by atoms with Gasteiger partial charge in [0.05, 0.1) is 5.56 Å². The van der Waals surface area contributed by atoms with Gasteiger partial charge in [0.2, 0.25) is 0 Å². The molecule has 2 amide bonds. The van der Waals surface area contributed by atoms with E-state index in [1.165, 1.54) is 0 Å². The Hall–Kier alpha value is -4.52. The first-order chi connectivity index (χ1) is 20.0. The molecule has 0 bridgehead atoms. The molecule has 2 aliphatic rings. The fourth-order valence-electron chi connectivity index (χ4n) is 7.24. The molecule has 0 radical (unpaired) electrons. The Morgan fingerprint density at radius 3 is 1.46 bits per heavy atom. The first-order valence-electron chi connectivity index (χ1n) is 14.5. The molecule has 2 saturated carbocycles. The summed E-state index contributed by atoms with van der Waals surface area (Å²) in [5, 5.41) is 22.1. The van der Waals surface area contributed by atoms with Crippen molar-refractivity contribution in [2.75, 3.05) is 0 Å². The molecule has 0 heterocycles. The third kappa shape index (κ3) is 4.02. The molecule has 0 atom stereocenters. The van der Waals surface area contributed by atoms with Crippen molar-refractivity contribution in [1.29, 1.82) is 0 Å². The smallest absolute Gasteiger partial charge is 0.336 e. The maximum Gasteiger partial charge on any atom is 0.336 e.